The maximum Gasteiger partial charge on any atom is 0.326 e. The van der Waals surface area contributed by atoms with Crippen LogP contribution in [0.2, 0.25) is 0 Å². The zero-order valence-electron chi connectivity index (χ0n) is 23.9. The molecule has 0 aliphatic heterocycles. The van der Waals surface area contributed by atoms with Crippen LogP contribution in [0.25, 0.3) is 11.1 Å². The summed E-state index contributed by atoms with van der Waals surface area (Å²) in [4.78, 5) is 31.4. The summed E-state index contributed by atoms with van der Waals surface area (Å²) in [5.41, 5.74) is 4.42. The molecule has 0 spiro atoms. The lowest BCUT2D eigenvalue weighted by Crippen LogP contribution is -2.41. The first-order chi connectivity index (χ1) is 18.9. The van der Waals surface area contributed by atoms with Gasteiger partial charge in [-0.05, 0) is 78.5 Å². The Kier molecular flexibility index (Phi) is 15.4. The van der Waals surface area contributed by atoms with Crippen molar-refractivity contribution in [3.63, 3.8) is 0 Å². The summed E-state index contributed by atoms with van der Waals surface area (Å²) in [6.45, 7) is 6.45. The Morgan fingerprint density at radius 1 is 1.12 bits per heavy atom. The van der Waals surface area contributed by atoms with Gasteiger partial charge in [0.1, 0.15) is 6.04 Å². The number of aryl methyl sites for hydroxylation is 1. The number of amides is 1. The van der Waals surface area contributed by atoms with Crippen molar-refractivity contribution in [3.8, 4) is 11.1 Å². The first-order valence-electron chi connectivity index (χ1n) is 14.5. The van der Waals surface area contributed by atoms with Gasteiger partial charge in [-0.1, -0.05) is 83.2 Å². The van der Waals surface area contributed by atoms with Crippen LogP contribution in [0.1, 0.15) is 93.6 Å². The van der Waals surface area contributed by atoms with Gasteiger partial charge < -0.3 is 10.4 Å². The lowest BCUT2D eigenvalue weighted by molar-refractivity contribution is -0.169. The molecule has 0 heterocycles. The van der Waals surface area contributed by atoms with Crippen LogP contribution in [0.4, 0.5) is 0 Å². The molecular weight excluding hydrogens is 520 g/mol. The van der Waals surface area contributed by atoms with Crippen molar-refractivity contribution in [3.05, 3.63) is 59.2 Å². The minimum absolute atomic E-state index is 0. The molecule has 0 saturated heterocycles. The predicted molar refractivity (Wildman–Crippen MR) is 168 cm³/mol. The number of hydroxylamine groups is 2. The first kappa shape index (κ1) is 33.9. The summed E-state index contributed by atoms with van der Waals surface area (Å²) in [7, 11) is 0. The number of carbonyl (C=O) groups excluding carboxylic acids is 1. The average molecular weight is 571 g/mol. The summed E-state index contributed by atoms with van der Waals surface area (Å²) in [6, 6.07) is 13.0. The van der Waals surface area contributed by atoms with Crippen LogP contribution in [-0.4, -0.2) is 53.2 Å². The summed E-state index contributed by atoms with van der Waals surface area (Å²) in [6.07, 6.45) is 12.2. The first-order valence-corrected chi connectivity index (χ1v) is 15.9. The molecule has 2 aromatic carbocycles. The molecule has 1 amide bonds. The van der Waals surface area contributed by atoms with E-state index in [-0.39, 0.29) is 13.3 Å². The third-order valence-corrected chi connectivity index (χ3v) is 8.26. The van der Waals surface area contributed by atoms with Crippen LogP contribution in [-0.2, 0) is 16.2 Å². The molecule has 2 aromatic rings. The molecule has 222 valence electrons. The fraction of sp³-hybridized carbons (Fsp3) is 0.576. The lowest BCUT2D eigenvalue weighted by atomic mass is 9.87. The Morgan fingerprint density at radius 2 is 1.88 bits per heavy atom. The van der Waals surface area contributed by atoms with Gasteiger partial charge in [-0.2, -0.15) is 16.8 Å². The number of benzene rings is 2. The Bertz CT molecular complexity index is 1050. The van der Waals surface area contributed by atoms with Gasteiger partial charge in [-0.15, -0.1) is 0 Å². The highest BCUT2D eigenvalue weighted by Gasteiger charge is 2.23. The van der Waals surface area contributed by atoms with Crippen LogP contribution in [0.3, 0.4) is 0 Å². The van der Waals surface area contributed by atoms with Crippen molar-refractivity contribution >= 4 is 23.6 Å². The molecule has 0 radical (unpaired) electrons. The van der Waals surface area contributed by atoms with Crippen LogP contribution < -0.4 is 5.32 Å². The molecule has 3 rings (SSSR count). The predicted octanol–water partition coefficient (Wildman–Crippen LogP) is 7.74. The van der Waals surface area contributed by atoms with Crippen LogP contribution >= 0.6 is 11.8 Å². The molecule has 6 nitrogen and oxygen atoms in total. The third-order valence-electron chi connectivity index (χ3n) is 7.62. The molecular formula is C33H50N2O4S. The van der Waals surface area contributed by atoms with Crippen molar-refractivity contribution in [2.75, 3.05) is 25.2 Å². The van der Waals surface area contributed by atoms with Crippen molar-refractivity contribution in [2.45, 2.75) is 91.6 Å². The van der Waals surface area contributed by atoms with Crippen LogP contribution in [0, 0.1) is 12.8 Å². The van der Waals surface area contributed by atoms with E-state index in [4.69, 9.17) is 4.84 Å². The molecule has 0 unspecified atom stereocenters. The Morgan fingerprint density at radius 3 is 2.55 bits per heavy atom. The maximum absolute atomic E-state index is 13.4. The standard InChI is InChI=1S/C32H46N2O4S.CH4/c1-4-5-20-38-34(19-17-25-12-7-6-8-13-25)23-26-15-16-28(29(22-26)27-14-10-9-11-24(27)2)31(35)33-30(32(36)37)18-21-39-3;/h9-11,14-16,22,25,30H,4-8,12-13,17-21,23H2,1-3H3,(H,33,35)(H,36,37);1H4/t30-;/m0./s1. The van der Waals surface area contributed by atoms with E-state index in [1.54, 1.807) is 11.8 Å². The number of unbranched alkanes of at least 4 members (excludes halogenated alkanes) is 1. The van der Waals surface area contributed by atoms with Gasteiger partial charge in [0.2, 0.25) is 0 Å². The number of thioether (sulfide) groups is 1. The topological polar surface area (TPSA) is 78.9 Å². The van der Waals surface area contributed by atoms with E-state index in [0.717, 1.165) is 54.0 Å². The quantitative estimate of drug-likeness (QED) is 0.159. The van der Waals surface area contributed by atoms with E-state index in [2.05, 4.69) is 23.4 Å². The molecule has 0 aromatic heterocycles. The van der Waals surface area contributed by atoms with E-state index in [1.165, 1.54) is 32.1 Å². The largest absolute Gasteiger partial charge is 0.480 e. The molecule has 1 aliphatic carbocycles. The Labute approximate surface area is 246 Å². The van der Waals surface area contributed by atoms with E-state index in [1.807, 2.05) is 49.6 Å². The summed E-state index contributed by atoms with van der Waals surface area (Å²) < 4.78 is 0. The molecule has 1 fully saturated rings. The Balaban J connectivity index is 0.00000560. The second kappa shape index (κ2) is 18.2. The zero-order chi connectivity index (χ0) is 28.0. The molecule has 1 atom stereocenters. The van der Waals surface area contributed by atoms with E-state index >= 15 is 0 Å². The fourth-order valence-corrected chi connectivity index (χ4v) is 5.72. The number of nitrogens with zero attached hydrogens (tertiary/aromatic N) is 1. The lowest BCUT2D eigenvalue weighted by Gasteiger charge is -2.27. The minimum atomic E-state index is -1.01. The van der Waals surface area contributed by atoms with Gasteiger partial charge in [0, 0.05) is 18.7 Å². The number of rotatable bonds is 16. The van der Waals surface area contributed by atoms with Gasteiger partial charge in [0.25, 0.3) is 5.91 Å². The number of aliphatic carboxylic acids is 1. The smallest absolute Gasteiger partial charge is 0.326 e. The molecule has 40 heavy (non-hydrogen) atoms. The van der Waals surface area contributed by atoms with Gasteiger partial charge >= 0.3 is 5.97 Å². The normalized spacial score (nSPS) is 14.5. The SMILES string of the molecule is C.CCCCON(CCC1CCCCC1)Cc1ccc(C(=O)N[C@@H](CCSC)C(=O)O)c(-c2ccccc2C)c1. The van der Waals surface area contributed by atoms with Crippen molar-refractivity contribution in [2.24, 2.45) is 5.92 Å². The minimum Gasteiger partial charge on any atom is -0.480 e. The Hall–Kier alpha value is -2.35. The number of nitrogens with one attached hydrogen (secondary N) is 1. The van der Waals surface area contributed by atoms with Crippen molar-refractivity contribution in [1.29, 1.82) is 0 Å². The van der Waals surface area contributed by atoms with Gasteiger partial charge in [0.05, 0.1) is 6.61 Å². The third kappa shape index (κ3) is 10.6. The highest BCUT2D eigenvalue weighted by molar-refractivity contribution is 7.98. The highest BCUT2D eigenvalue weighted by atomic mass is 32.2. The average Bonchev–Trinajstić information content (AvgIpc) is 2.94. The molecule has 1 aliphatic rings. The van der Waals surface area contributed by atoms with Crippen LogP contribution in [0.15, 0.2) is 42.5 Å². The molecule has 2 N–H and O–H groups in total. The number of hydrogen-bond donors (Lipinski definition) is 2. The number of carboxylic acid groups (broad SMARTS) is 1. The molecule has 0 bridgehead atoms. The summed E-state index contributed by atoms with van der Waals surface area (Å²) in [5, 5.41) is 14.5. The second-order valence-corrected chi connectivity index (χ2v) is 11.7. The molecule has 7 heteroatoms. The second-order valence-electron chi connectivity index (χ2n) is 10.7. The highest BCUT2D eigenvalue weighted by Crippen LogP contribution is 2.30. The van der Waals surface area contributed by atoms with Gasteiger partial charge in [0.15, 0.2) is 0 Å². The van der Waals surface area contributed by atoms with Gasteiger partial charge in [-0.25, -0.2) is 4.79 Å². The van der Waals surface area contributed by atoms with Crippen molar-refractivity contribution in [1.82, 2.24) is 10.4 Å². The van der Waals surface area contributed by atoms with Crippen molar-refractivity contribution < 1.29 is 19.5 Å². The number of carboxylic acids is 1. The molecule has 1 saturated carbocycles. The van der Waals surface area contributed by atoms with E-state index < -0.39 is 12.0 Å². The maximum atomic E-state index is 13.4. The van der Waals surface area contributed by atoms with E-state index in [0.29, 0.717) is 30.9 Å². The van der Waals surface area contributed by atoms with E-state index in [9.17, 15) is 14.7 Å². The number of carbonyl (C=O) groups is 2. The summed E-state index contributed by atoms with van der Waals surface area (Å²) in [5.74, 6) is 0.0686. The van der Waals surface area contributed by atoms with Crippen LogP contribution in [0.5, 0.6) is 0 Å². The number of hydrogen-bond acceptors (Lipinski definition) is 5. The fourth-order valence-electron chi connectivity index (χ4n) is 5.25. The summed E-state index contributed by atoms with van der Waals surface area (Å²) >= 11 is 1.57. The monoisotopic (exact) mass is 570 g/mol. The van der Waals surface area contributed by atoms with Gasteiger partial charge in [-0.3, -0.25) is 9.63 Å². The zero-order valence-corrected chi connectivity index (χ0v) is 24.7.